The third-order valence-corrected chi connectivity index (χ3v) is 3.60. The highest BCUT2D eigenvalue weighted by Gasteiger charge is 2.07. The average Bonchev–Trinajstić information content (AvgIpc) is 3.12. The van der Waals surface area contributed by atoms with Gasteiger partial charge in [0.25, 0.3) is 0 Å². The molecule has 0 saturated heterocycles. The van der Waals surface area contributed by atoms with Gasteiger partial charge in [-0.25, -0.2) is 5.43 Å². The van der Waals surface area contributed by atoms with E-state index in [0.29, 0.717) is 6.42 Å². The van der Waals surface area contributed by atoms with Crippen molar-refractivity contribution in [1.29, 1.82) is 0 Å². The fourth-order valence-corrected chi connectivity index (χ4v) is 2.12. The summed E-state index contributed by atoms with van der Waals surface area (Å²) in [5.74, 6) is 0.405. The molecule has 0 unspecified atom stereocenters. The van der Waals surface area contributed by atoms with E-state index < -0.39 is 0 Å². The number of furan rings is 1. The molecule has 0 aliphatic rings. The summed E-state index contributed by atoms with van der Waals surface area (Å²) in [6, 6.07) is 11.2. The molecule has 0 aliphatic carbocycles. The van der Waals surface area contributed by atoms with Crippen LogP contribution in [-0.4, -0.2) is 17.5 Å². The number of anilines is 1. The van der Waals surface area contributed by atoms with E-state index in [1.54, 1.807) is 6.26 Å². The fourth-order valence-electron chi connectivity index (χ4n) is 2.12. The summed E-state index contributed by atoms with van der Waals surface area (Å²) in [7, 11) is 0. The van der Waals surface area contributed by atoms with Crippen LogP contribution in [0, 0.1) is 6.92 Å². The Balaban J connectivity index is 1.66. The summed E-state index contributed by atoms with van der Waals surface area (Å²) in [4.78, 5) is 23.6. The zero-order valence-electron chi connectivity index (χ0n) is 14.5. The molecule has 1 heterocycles. The minimum atomic E-state index is -0.281. The summed E-state index contributed by atoms with van der Waals surface area (Å²) in [5.41, 5.74) is 5.13. The summed E-state index contributed by atoms with van der Waals surface area (Å²) < 4.78 is 5.24. The normalized spacial score (nSPS) is 11.2. The highest BCUT2D eigenvalue weighted by molar-refractivity contribution is 5.93. The molecule has 2 amide bonds. The Hall–Kier alpha value is -2.89. The Labute approximate surface area is 147 Å². The number of amides is 2. The van der Waals surface area contributed by atoms with E-state index in [0.717, 1.165) is 29.1 Å². The zero-order valence-corrected chi connectivity index (χ0v) is 14.5. The number of rotatable bonds is 8. The maximum atomic E-state index is 11.8. The Morgan fingerprint density at radius 3 is 2.44 bits per heavy atom. The molecule has 0 spiro atoms. The van der Waals surface area contributed by atoms with Gasteiger partial charge in [0.2, 0.25) is 11.8 Å². The van der Waals surface area contributed by atoms with Gasteiger partial charge in [-0.3, -0.25) is 9.59 Å². The van der Waals surface area contributed by atoms with E-state index in [9.17, 15) is 9.59 Å². The minimum absolute atomic E-state index is 0.0899. The van der Waals surface area contributed by atoms with Crippen molar-refractivity contribution in [3.05, 3.63) is 54.0 Å². The Kier molecular flexibility index (Phi) is 6.95. The van der Waals surface area contributed by atoms with Crippen LogP contribution in [0.5, 0.6) is 0 Å². The van der Waals surface area contributed by atoms with E-state index in [4.69, 9.17) is 4.42 Å². The molecule has 2 N–H and O–H groups in total. The standard InChI is InChI=1S/C19H23N3O3/c1-14-5-8-16(9-6-14)20-18(23)11-12-19(24)22-21-15(2)7-10-17-4-3-13-25-17/h3-6,8-9,13H,7,10-12H2,1-2H3,(H,20,23)(H,22,24). The summed E-state index contributed by atoms with van der Waals surface area (Å²) >= 11 is 0. The molecule has 1 aromatic heterocycles. The van der Waals surface area contributed by atoms with Crippen molar-refractivity contribution < 1.29 is 14.0 Å². The van der Waals surface area contributed by atoms with Gasteiger partial charge in [-0.1, -0.05) is 17.7 Å². The third kappa shape index (κ3) is 7.03. The molecule has 0 aliphatic heterocycles. The number of hydrazone groups is 1. The van der Waals surface area contributed by atoms with Crippen LogP contribution in [0.25, 0.3) is 0 Å². The van der Waals surface area contributed by atoms with Crippen molar-refractivity contribution in [2.24, 2.45) is 5.10 Å². The van der Waals surface area contributed by atoms with Crippen LogP contribution in [-0.2, 0) is 16.0 Å². The molecule has 132 valence electrons. The number of nitrogens with one attached hydrogen (secondary N) is 2. The molecule has 6 nitrogen and oxygen atoms in total. The number of hydrogen-bond acceptors (Lipinski definition) is 4. The number of hydrogen-bond donors (Lipinski definition) is 2. The number of aryl methyl sites for hydroxylation is 2. The lowest BCUT2D eigenvalue weighted by Gasteiger charge is -2.05. The second kappa shape index (κ2) is 9.42. The molecule has 0 atom stereocenters. The van der Waals surface area contributed by atoms with Crippen molar-refractivity contribution in [1.82, 2.24) is 5.43 Å². The van der Waals surface area contributed by atoms with Crippen LogP contribution >= 0.6 is 0 Å². The SMILES string of the molecule is CC(CCc1ccco1)=NNC(=O)CCC(=O)Nc1ccc(C)cc1. The lowest BCUT2D eigenvalue weighted by Crippen LogP contribution is -2.21. The van der Waals surface area contributed by atoms with Gasteiger partial charge in [-0.2, -0.15) is 5.10 Å². The second-order valence-corrected chi connectivity index (χ2v) is 5.88. The Morgan fingerprint density at radius 2 is 1.76 bits per heavy atom. The van der Waals surface area contributed by atoms with Gasteiger partial charge in [0.1, 0.15) is 5.76 Å². The van der Waals surface area contributed by atoms with Crippen molar-refractivity contribution in [2.45, 2.75) is 39.5 Å². The molecule has 6 heteroatoms. The van der Waals surface area contributed by atoms with Gasteiger partial charge in [-0.05, 0) is 44.5 Å². The molecule has 1 aromatic carbocycles. The largest absolute Gasteiger partial charge is 0.469 e. The van der Waals surface area contributed by atoms with E-state index in [2.05, 4.69) is 15.8 Å². The van der Waals surface area contributed by atoms with E-state index in [-0.39, 0.29) is 24.7 Å². The number of carbonyl (C=O) groups is 2. The first-order valence-electron chi connectivity index (χ1n) is 8.24. The van der Waals surface area contributed by atoms with Crippen molar-refractivity contribution >= 4 is 23.2 Å². The second-order valence-electron chi connectivity index (χ2n) is 5.88. The van der Waals surface area contributed by atoms with Crippen LogP contribution < -0.4 is 10.7 Å². The first-order valence-corrected chi connectivity index (χ1v) is 8.24. The lowest BCUT2D eigenvalue weighted by molar-refractivity contribution is -0.124. The molecule has 25 heavy (non-hydrogen) atoms. The zero-order chi connectivity index (χ0) is 18.1. The number of benzene rings is 1. The molecule has 0 saturated carbocycles. The molecule has 2 rings (SSSR count). The van der Waals surface area contributed by atoms with E-state index >= 15 is 0 Å². The highest BCUT2D eigenvalue weighted by Crippen LogP contribution is 2.09. The van der Waals surface area contributed by atoms with E-state index in [1.165, 1.54) is 0 Å². The molecule has 0 radical (unpaired) electrons. The topological polar surface area (TPSA) is 83.7 Å². The fraction of sp³-hybridized carbons (Fsp3) is 0.316. The number of nitrogens with zero attached hydrogens (tertiary/aromatic N) is 1. The van der Waals surface area contributed by atoms with Crippen LogP contribution in [0.4, 0.5) is 5.69 Å². The van der Waals surface area contributed by atoms with Gasteiger partial charge in [0.05, 0.1) is 6.26 Å². The first-order chi connectivity index (χ1) is 12.0. The van der Waals surface area contributed by atoms with Crippen molar-refractivity contribution in [3.63, 3.8) is 0 Å². The predicted octanol–water partition coefficient (Wildman–Crippen LogP) is 3.43. The van der Waals surface area contributed by atoms with Crippen LogP contribution in [0.1, 0.15) is 37.5 Å². The maximum Gasteiger partial charge on any atom is 0.240 e. The molecule has 0 fully saturated rings. The van der Waals surface area contributed by atoms with Gasteiger partial charge < -0.3 is 9.73 Å². The smallest absolute Gasteiger partial charge is 0.240 e. The predicted molar refractivity (Wildman–Crippen MR) is 97.3 cm³/mol. The first kappa shape index (κ1) is 18.4. The van der Waals surface area contributed by atoms with Gasteiger partial charge in [-0.15, -0.1) is 0 Å². The quantitative estimate of drug-likeness (QED) is 0.570. The highest BCUT2D eigenvalue weighted by atomic mass is 16.3. The Bertz CT molecular complexity index is 719. The molecular weight excluding hydrogens is 318 g/mol. The number of carbonyl (C=O) groups excluding carboxylic acids is 2. The van der Waals surface area contributed by atoms with Crippen LogP contribution in [0.2, 0.25) is 0 Å². The maximum absolute atomic E-state index is 11.8. The van der Waals surface area contributed by atoms with Crippen LogP contribution in [0.3, 0.4) is 0 Å². The summed E-state index contributed by atoms with van der Waals surface area (Å²) in [6.07, 6.45) is 3.26. The molecule has 2 aromatic rings. The lowest BCUT2D eigenvalue weighted by atomic mass is 10.2. The average molecular weight is 341 g/mol. The summed E-state index contributed by atoms with van der Waals surface area (Å²) in [5, 5.41) is 6.80. The van der Waals surface area contributed by atoms with Gasteiger partial charge >= 0.3 is 0 Å². The van der Waals surface area contributed by atoms with Crippen molar-refractivity contribution in [2.75, 3.05) is 5.32 Å². The molecule has 0 bridgehead atoms. The van der Waals surface area contributed by atoms with Gasteiger partial charge in [0.15, 0.2) is 0 Å². The Morgan fingerprint density at radius 1 is 1.04 bits per heavy atom. The van der Waals surface area contributed by atoms with Gasteiger partial charge in [0, 0.05) is 30.7 Å². The van der Waals surface area contributed by atoms with Crippen molar-refractivity contribution in [3.8, 4) is 0 Å². The monoisotopic (exact) mass is 341 g/mol. The van der Waals surface area contributed by atoms with E-state index in [1.807, 2.05) is 50.2 Å². The summed E-state index contributed by atoms with van der Waals surface area (Å²) in [6.45, 7) is 3.82. The van der Waals surface area contributed by atoms with Crippen LogP contribution in [0.15, 0.2) is 52.2 Å². The third-order valence-electron chi connectivity index (χ3n) is 3.60. The minimum Gasteiger partial charge on any atom is -0.469 e. The molecular formula is C19H23N3O3.